The van der Waals surface area contributed by atoms with E-state index in [0.717, 1.165) is 19.4 Å². The topological polar surface area (TPSA) is 53.4 Å². The average molecular weight is 285 g/mol. The van der Waals surface area contributed by atoms with Crippen LogP contribution in [0.2, 0.25) is 5.15 Å². The number of pyridine rings is 1. The molecule has 0 radical (unpaired) electrons. The van der Waals surface area contributed by atoms with Crippen molar-refractivity contribution < 1.29 is 9.90 Å². The second-order valence-corrected chi connectivity index (χ2v) is 4.92. The van der Waals surface area contributed by atoms with E-state index in [4.69, 9.17) is 11.6 Å². The summed E-state index contributed by atoms with van der Waals surface area (Å²) in [6.45, 7) is 7.80. The van der Waals surface area contributed by atoms with Gasteiger partial charge in [0.05, 0.1) is 0 Å². The largest absolute Gasteiger partial charge is 0.478 e. The van der Waals surface area contributed by atoms with Crippen LogP contribution in [0.3, 0.4) is 0 Å². The van der Waals surface area contributed by atoms with Crippen molar-refractivity contribution in [3.05, 3.63) is 22.8 Å². The Bertz CT molecular complexity index is 433. The molecule has 4 nitrogen and oxygen atoms in total. The zero-order valence-electron chi connectivity index (χ0n) is 11.7. The smallest absolute Gasteiger partial charge is 0.339 e. The normalized spacial score (nSPS) is 10.8. The van der Waals surface area contributed by atoms with Crippen LogP contribution in [0.5, 0.6) is 0 Å². The van der Waals surface area contributed by atoms with Gasteiger partial charge in [-0.2, -0.15) is 0 Å². The summed E-state index contributed by atoms with van der Waals surface area (Å²) in [5, 5.41) is 9.56. The van der Waals surface area contributed by atoms with Gasteiger partial charge >= 0.3 is 5.97 Å². The van der Waals surface area contributed by atoms with Crippen molar-refractivity contribution >= 4 is 23.4 Å². The molecule has 1 aromatic rings. The van der Waals surface area contributed by atoms with Gasteiger partial charge in [-0.15, -0.1) is 0 Å². The van der Waals surface area contributed by atoms with Gasteiger partial charge in [0.2, 0.25) is 0 Å². The number of carboxylic acids is 1. The van der Waals surface area contributed by atoms with Gasteiger partial charge in [-0.25, -0.2) is 9.78 Å². The summed E-state index contributed by atoms with van der Waals surface area (Å²) >= 11 is 5.90. The summed E-state index contributed by atoms with van der Waals surface area (Å²) in [6, 6.07) is 3.03. The Hall–Kier alpha value is -1.29. The molecule has 0 spiro atoms. The van der Waals surface area contributed by atoms with E-state index in [1.54, 1.807) is 0 Å². The van der Waals surface area contributed by atoms with E-state index in [1.165, 1.54) is 12.1 Å². The molecule has 0 amide bonds. The second-order valence-electron chi connectivity index (χ2n) is 4.53. The molecule has 1 aromatic heterocycles. The fourth-order valence-corrected chi connectivity index (χ4v) is 2.20. The number of hydrogen-bond acceptors (Lipinski definition) is 3. The number of aromatic carboxylic acids is 1. The van der Waals surface area contributed by atoms with E-state index < -0.39 is 5.97 Å². The third-order valence-corrected chi connectivity index (χ3v) is 3.60. The lowest BCUT2D eigenvalue weighted by molar-refractivity contribution is 0.0697. The lowest BCUT2D eigenvalue weighted by atomic mass is 10.0. The van der Waals surface area contributed by atoms with Crippen molar-refractivity contribution in [3.63, 3.8) is 0 Å². The molecule has 0 atom stereocenters. The maximum Gasteiger partial charge on any atom is 0.339 e. The molecule has 0 bridgehead atoms. The Morgan fingerprint density at radius 2 is 2.00 bits per heavy atom. The third kappa shape index (κ3) is 4.10. The van der Waals surface area contributed by atoms with Crippen LogP contribution in [-0.4, -0.2) is 29.1 Å². The predicted molar refractivity (Wildman–Crippen MR) is 78.2 cm³/mol. The molecule has 0 aromatic carbocycles. The maximum absolute atomic E-state index is 11.3. The summed E-state index contributed by atoms with van der Waals surface area (Å²) in [5.74, 6) is 0.0268. The molecule has 0 aliphatic heterocycles. The molecule has 0 saturated carbocycles. The second kappa shape index (κ2) is 7.34. The highest BCUT2D eigenvalue weighted by molar-refractivity contribution is 6.29. The van der Waals surface area contributed by atoms with Gasteiger partial charge in [0, 0.05) is 13.1 Å². The first-order chi connectivity index (χ1) is 9.03. The summed E-state index contributed by atoms with van der Waals surface area (Å²) in [4.78, 5) is 17.5. The molecule has 0 fully saturated rings. The number of halogens is 1. The van der Waals surface area contributed by atoms with Crippen LogP contribution in [0, 0.1) is 5.92 Å². The van der Waals surface area contributed by atoms with Gasteiger partial charge in [0.1, 0.15) is 16.5 Å². The van der Waals surface area contributed by atoms with E-state index in [9.17, 15) is 9.90 Å². The standard InChI is InChI=1S/C14H21ClN2O2/c1-4-10(5-2)9-17(6-3)13-11(14(18)19)7-8-12(15)16-13/h7-8,10H,4-6,9H2,1-3H3,(H,18,19). The molecule has 1 N–H and O–H groups in total. The number of carbonyl (C=O) groups is 1. The number of anilines is 1. The van der Waals surface area contributed by atoms with Crippen LogP contribution in [0.4, 0.5) is 5.82 Å². The molecular weight excluding hydrogens is 264 g/mol. The zero-order valence-corrected chi connectivity index (χ0v) is 12.4. The molecule has 0 aliphatic carbocycles. The number of rotatable bonds is 7. The van der Waals surface area contributed by atoms with E-state index in [-0.39, 0.29) is 5.56 Å². The molecule has 5 heteroatoms. The Labute approximate surface area is 119 Å². The SMILES string of the molecule is CCC(CC)CN(CC)c1nc(Cl)ccc1C(=O)O. The monoisotopic (exact) mass is 284 g/mol. The molecule has 1 heterocycles. The van der Waals surface area contributed by atoms with Crippen molar-refractivity contribution in [2.45, 2.75) is 33.6 Å². The fraction of sp³-hybridized carbons (Fsp3) is 0.571. The van der Waals surface area contributed by atoms with Crippen LogP contribution in [0.1, 0.15) is 44.0 Å². The minimum atomic E-state index is -0.970. The molecular formula is C14H21ClN2O2. The number of nitrogens with zero attached hydrogens (tertiary/aromatic N) is 2. The maximum atomic E-state index is 11.3. The van der Waals surface area contributed by atoms with Gasteiger partial charge in [-0.05, 0) is 25.0 Å². The van der Waals surface area contributed by atoms with E-state index in [0.29, 0.717) is 23.4 Å². The van der Waals surface area contributed by atoms with Crippen LogP contribution in [-0.2, 0) is 0 Å². The van der Waals surface area contributed by atoms with Crippen molar-refractivity contribution in [2.24, 2.45) is 5.92 Å². The highest BCUT2D eigenvalue weighted by Gasteiger charge is 2.19. The third-order valence-electron chi connectivity index (χ3n) is 3.39. The van der Waals surface area contributed by atoms with Gasteiger partial charge in [-0.3, -0.25) is 0 Å². The van der Waals surface area contributed by atoms with Crippen LogP contribution < -0.4 is 4.90 Å². The first kappa shape index (κ1) is 15.8. The van der Waals surface area contributed by atoms with Crippen molar-refractivity contribution in [1.82, 2.24) is 4.98 Å². The molecule has 19 heavy (non-hydrogen) atoms. The van der Waals surface area contributed by atoms with E-state index in [1.807, 2.05) is 11.8 Å². The van der Waals surface area contributed by atoms with Crippen LogP contribution in [0.15, 0.2) is 12.1 Å². The van der Waals surface area contributed by atoms with Crippen molar-refractivity contribution in [3.8, 4) is 0 Å². The Balaban J connectivity index is 3.09. The minimum Gasteiger partial charge on any atom is -0.478 e. The predicted octanol–water partition coefficient (Wildman–Crippen LogP) is 3.70. The first-order valence-corrected chi connectivity index (χ1v) is 7.05. The van der Waals surface area contributed by atoms with Crippen LogP contribution >= 0.6 is 11.6 Å². The Kier molecular flexibility index (Phi) is 6.09. The van der Waals surface area contributed by atoms with Gasteiger partial charge < -0.3 is 10.0 Å². The Morgan fingerprint density at radius 1 is 1.37 bits per heavy atom. The van der Waals surface area contributed by atoms with Crippen LogP contribution in [0.25, 0.3) is 0 Å². The summed E-state index contributed by atoms with van der Waals surface area (Å²) in [6.07, 6.45) is 2.13. The van der Waals surface area contributed by atoms with Crippen molar-refractivity contribution in [1.29, 1.82) is 0 Å². The number of hydrogen-bond donors (Lipinski definition) is 1. The number of aromatic nitrogens is 1. The quantitative estimate of drug-likeness (QED) is 0.776. The molecule has 0 aliphatic rings. The summed E-state index contributed by atoms with van der Waals surface area (Å²) < 4.78 is 0. The molecule has 106 valence electrons. The minimum absolute atomic E-state index is 0.206. The lowest BCUT2D eigenvalue weighted by Crippen LogP contribution is -2.31. The van der Waals surface area contributed by atoms with E-state index in [2.05, 4.69) is 18.8 Å². The Morgan fingerprint density at radius 3 is 2.47 bits per heavy atom. The molecule has 0 unspecified atom stereocenters. The lowest BCUT2D eigenvalue weighted by Gasteiger charge is -2.27. The molecule has 1 rings (SSSR count). The fourth-order valence-electron chi connectivity index (χ4n) is 2.06. The highest BCUT2D eigenvalue weighted by atomic mass is 35.5. The van der Waals surface area contributed by atoms with Gasteiger partial charge in [0.25, 0.3) is 0 Å². The van der Waals surface area contributed by atoms with Crippen molar-refractivity contribution in [2.75, 3.05) is 18.0 Å². The van der Waals surface area contributed by atoms with Gasteiger partial charge in [0.15, 0.2) is 0 Å². The summed E-state index contributed by atoms with van der Waals surface area (Å²) in [5.41, 5.74) is 0.206. The average Bonchev–Trinajstić information content (AvgIpc) is 2.40. The first-order valence-electron chi connectivity index (χ1n) is 6.68. The summed E-state index contributed by atoms with van der Waals surface area (Å²) in [7, 11) is 0. The van der Waals surface area contributed by atoms with E-state index >= 15 is 0 Å². The highest BCUT2D eigenvalue weighted by Crippen LogP contribution is 2.23. The van der Waals surface area contributed by atoms with Gasteiger partial charge in [-0.1, -0.05) is 38.3 Å². The number of carboxylic acid groups (broad SMARTS) is 1. The molecule has 0 saturated heterocycles. The zero-order chi connectivity index (χ0) is 14.4.